The highest BCUT2D eigenvalue weighted by molar-refractivity contribution is 7.11. The summed E-state index contributed by atoms with van der Waals surface area (Å²) in [5.74, 6) is 2.46. The quantitative estimate of drug-likeness (QED) is 0.587. The van der Waals surface area contributed by atoms with Gasteiger partial charge in [-0.3, -0.25) is 0 Å². The first kappa shape index (κ1) is 18.8. The molecule has 3 heterocycles. The van der Waals surface area contributed by atoms with Crippen molar-refractivity contribution in [3.05, 3.63) is 27.2 Å². The van der Waals surface area contributed by atoms with Crippen molar-refractivity contribution in [2.75, 3.05) is 13.2 Å². The van der Waals surface area contributed by atoms with E-state index >= 15 is 0 Å². The van der Waals surface area contributed by atoms with Gasteiger partial charge in [0, 0.05) is 25.1 Å². The highest BCUT2D eigenvalue weighted by atomic mass is 32.1. The van der Waals surface area contributed by atoms with Crippen LogP contribution in [0.5, 0.6) is 0 Å². The second-order valence-electron chi connectivity index (χ2n) is 6.51. The minimum Gasteiger partial charge on any atom is -0.376 e. The van der Waals surface area contributed by atoms with Crippen LogP contribution in [0, 0.1) is 20.8 Å². The molecule has 0 bridgehead atoms. The first-order chi connectivity index (χ1) is 12.5. The molecule has 0 amide bonds. The maximum Gasteiger partial charge on any atom is 0.192 e. The number of aliphatic imine (C=N–C) groups is 1. The SMILES string of the molecule is Cc1nc(CNC(=NCc2nnc(C)n2C)NCC2CCCO2)sc1C. The Kier molecular flexibility index (Phi) is 6.20. The summed E-state index contributed by atoms with van der Waals surface area (Å²) in [4.78, 5) is 10.5. The maximum atomic E-state index is 5.69. The fraction of sp³-hybridized carbons (Fsp3) is 0.647. The Balaban J connectivity index is 1.63. The summed E-state index contributed by atoms with van der Waals surface area (Å²) < 4.78 is 7.64. The predicted octanol–water partition coefficient (Wildman–Crippen LogP) is 1.61. The average molecular weight is 378 g/mol. The van der Waals surface area contributed by atoms with Crippen LogP contribution in [0.25, 0.3) is 0 Å². The number of aryl methyl sites for hydroxylation is 3. The van der Waals surface area contributed by atoms with Crippen LogP contribution in [0.3, 0.4) is 0 Å². The fourth-order valence-corrected chi connectivity index (χ4v) is 3.58. The van der Waals surface area contributed by atoms with Crippen molar-refractivity contribution in [2.45, 2.75) is 52.8 Å². The van der Waals surface area contributed by atoms with Crippen LogP contribution in [0.1, 0.15) is 40.1 Å². The average Bonchev–Trinajstić information content (AvgIpc) is 3.32. The summed E-state index contributed by atoms with van der Waals surface area (Å²) in [5.41, 5.74) is 1.09. The van der Waals surface area contributed by atoms with E-state index in [-0.39, 0.29) is 6.10 Å². The largest absolute Gasteiger partial charge is 0.376 e. The molecule has 8 nitrogen and oxygen atoms in total. The van der Waals surface area contributed by atoms with Crippen molar-refractivity contribution >= 4 is 17.3 Å². The molecule has 0 saturated carbocycles. The number of guanidine groups is 1. The summed E-state index contributed by atoms with van der Waals surface area (Å²) >= 11 is 1.71. The zero-order chi connectivity index (χ0) is 18.5. The minimum atomic E-state index is 0.253. The van der Waals surface area contributed by atoms with E-state index in [9.17, 15) is 0 Å². The predicted molar refractivity (Wildman–Crippen MR) is 102 cm³/mol. The normalized spacial score (nSPS) is 17.7. The minimum absolute atomic E-state index is 0.253. The van der Waals surface area contributed by atoms with Crippen LogP contribution in [0.15, 0.2) is 4.99 Å². The van der Waals surface area contributed by atoms with E-state index in [1.165, 1.54) is 4.88 Å². The number of ether oxygens (including phenoxy) is 1. The molecule has 9 heteroatoms. The third-order valence-electron chi connectivity index (χ3n) is 4.56. The third-order valence-corrected chi connectivity index (χ3v) is 5.64. The van der Waals surface area contributed by atoms with Crippen molar-refractivity contribution in [3.8, 4) is 0 Å². The monoisotopic (exact) mass is 377 g/mol. The van der Waals surface area contributed by atoms with Crippen molar-refractivity contribution in [2.24, 2.45) is 12.0 Å². The van der Waals surface area contributed by atoms with Crippen molar-refractivity contribution in [3.63, 3.8) is 0 Å². The summed E-state index contributed by atoms with van der Waals surface area (Å²) in [6.07, 6.45) is 2.47. The summed E-state index contributed by atoms with van der Waals surface area (Å²) in [6, 6.07) is 0. The van der Waals surface area contributed by atoms with E-state index in [0.29, 0.717) is 13.1 Å². The number of nitrogens with one attached hydrogen (secondary N) is 2. The molecule has 2 aromatic rings. The lowest BCUT2D eigenvalue weighted by Gasteiger charge is -2.15. The molecule has 0 aliphatic carbocycles. The molecule has 0 spiro atoms. The molecule has 142 valence electrons. The highest BCUT2D eigenvalue weighted by Crippen LogP contribution is 2.16. The zero-order valence-corrected chi connectivity index (χ0v) is 16.7. The van der Waals surface area contributed by atoms with Gasteiger partial charge in [-0.05, 0) is 33.6 Å². The molecule has 1 saturated heterocycles. The smallest absolute Gasteiger partial charge is 0.192 e. The Hall–Kier alpha value is -2.00. The van der Waals surface area contributed by atoms with Gasteiger partial charge in [0.05, 0.1) is 18.3 Å². The summed E-state index contributed by atoms with van der Waals surface area (Å²) in [5, 5.41) is 16.1. The van der Waals surface area contributed by atoms with E-state index in [1.54, 1.807) is 11.3 Å². The fourth-order valence-electron chi connectivity index (χ4n) is 2.70. The number of hydrogen-bond acceptors (Lipinski definition) is 6. The van der Waals surface area contributed by atoms with Gasteiger partial charge in [-0.15, -0.1) is 21.5 Å². The molecule has 3 rings (SSSR count). The molecule has 1 unspecified atom stereocenters. The Morgan fingerprint density at radius 2 is 2.15 bits per heavy atom. The summed E-state index contributed by atoms with van der Waals surface area (Å²) in [7, 11) is 1.95. The first-order valence-electron chi connectivity index (χ1n) is 8.94. The molecule has 1 atom stereocenters. The van der Waals surface area contributed by atoms with E-state index in [0.717, 1.165) is 54.3 Å². The Morgan fingerprint density at radius 3 is 2.77 bits per heavy atom. The lowest BCUT2D eigenvalue weighted by Crippen LogP contribution is -2.40. The lowest BCUT2D eigenvalue weighted by molar-refractivity contribution is 0.114. The summed E-state index contributed by atoms with van der Waals surface area (Å²) in [6.45, 7) is 8.78. The van der Waals surface area contributed by atoms with E-state index < -0.39 is 0 Å². The molecule has 0 aromatic carbocycles. The van der Waals surface area contributed by atoms with Gasteiger partial charge in [0.15, 0.2) is 11.8 Å². The standard InChI is InChI=1S/C17H27N7OS/c1-11-12(2)26-16(21-11)10-20-17(18-8-14-6-5-7-25-14)19-9-15-23-22-13(3)24(15)4/h14H,5-10H2,1-4H3,(H2,18,19,20). The maximum absolute atomic E-state index is 5.69. The molecule has 0 radical (unpaired) electrons. The van der Waals surface area contributed by atoms with Gasteiger partial charge in [0.1, 0.15) is 17.4 Å². The Labute approximate surface area is 158 Å². The second kappa shape index (κ2) is 8.59. The van der Waals surface area contributed by atoms with Crippen LogP contribution >= 0.6 is 11.3 Å². The second-order valence-corrected chi connectivity index (χ2v) is 7.79. The van der Waals surface area contributed by atoms with E-state index in [4.69, 9.17) is 4.74 Å². The van der Waals surface area contributed by atoms with Crippen LogP contribution in [0.2, 0.25) is 0 Å². The first-order valence-corrected chi connectivity index (χ1v) is 9.76. The molecule has 2 aromatic heterocycles. The van der Waals surface area contributed by atoms with Gasteiger partial charge < -0.3 is 19.9 Å². The van der Waals surface area contributed by atoms with Gasteiger partial charge in [-0.1, -0.05) is 0 Å². The van der Waals surface area contributed by atoms with Crippen molar-refractivity contribution in [1.29, 1.82) is 0 Å². The topological polar surface area (TPSA) is 89.3 Å². The highest BCUT2D eigenvalue weighted by Gasteiger charge is 2.16. The lowest BCUT2D eigenvalue weighted by atomic mass is 10.2. The zero-order valence-electron chi connectivity index (χ0n) is 15.9. The van der Waals surface area contributed by atoms with Crippen molar-refractivity contribution < 1.29 is 4.74 Å². The van der Waals surface area contributed by atoms with Gasteiger partial charge >= 0.3 is 0 Å². The Morgan fingerprint density at radius 1 is 1.31 bits per heavy atom. The van der Waals surface area contributed by atoms with E-state index in [1.807, 2.05) is 25.5 Å². The molecule has 1 aliphatic rings. The number of thiazole rings is 1. The molecule has 2 N–H and O–H groups in total. The molecule has 1 fully saturated rings. The van der Waals surface area contributed by atoms with E-state index in [2.05, 4.69) is 37.7 Å². The third kappa shape index (κ3) is 4.79. The van der Waals surface area contributed by atoms with Crippen LogP contribution in [0.4, 0.5) is 0 Å². The van der Waals surface area contributed by atoms with Gasteiger partial charge in [0.2, 0.25) is 0 Å². The van der Waals surface area contributed by atoms with Gasteiger partial charge in [-0.2, -0.15) is 0 Å². The van der Waals surface area contributed by atoms with Crippen molar-refractivity contribution in [1.82, 2.24) is 30.4 Å². The number of rotatable bonds is 6. The van der Waals surface area contributed by atoms with Crippen LogP contribution < -0.4 is 10.6 Å². The molecular formula is C17H27N7OS. The molecule has 26 heavy (non-hydrogen) atoms. The van der Waals surface area contributed by atoms with Gasteiger partial charge in [-0.25, -0.2) is 9.98 Å². The number of aromatic nitrogens is 4. The van der Waals surface area contributed by atoms with Gasteiger partial charge in [0.25, 0.3) is 0 Å². The Bertz CT molecular complexity index is 742. The molecular weight excluding hydrogens is 350 g/mol. The number of hydrogen-bond donors (Lipinski definition) is 2. The number of nitrogens with zero attached hydrogens (tertiary/aromatic N) is 5. The van der Waals surface area contributed by atoms with Crippen LogP contribution in [-0.2, 0) is 24.9 Å². The van der Waals surface area contributed by atoms with Crippen LogP contribution in [-0.4, -0.2) is 45.0 Å². The molecule has 1 aliphatic heterocycles.